The van der Waals surface area contributed by atoms with E-state index in [-0.39, 0.29) is 11.7 Å². The van der Waals surface area contributed by atoms with E-state index in [9.17, 15) is 9.18 Å². The molecule has 9 heteroatoms. The molecule has 0 N–H and O–H groups in total. The van der Waals surface area contributed by atoms with Crippen LogP contribution >= 0.6 is 11.3 Å². The van der Waals surface area contributed by atoms with Crippen molar-refractivity contribution in [2.75, 3.05) is 22.9 Å². The van der Waals surface area contributed by atoms with Gasteiger partial charge in [0.2, 0.25) is 11.7 Å². The molecule has 7 nitrogen and oxygen atoms in total. The predicted octanol–water partition coefficient (Wildman–Crippen LogP) is 2.90. The van der Waals surface area contributed by atoms with E-state index < -0.39 is 6.17 Å². The Balaban J connectivity index is 1.37. The van der Waals surface area contributed by atoms with Crippen LogP contribution in [0, 0.1) is 0 Å². The van der Waals surface area contributed by atoms with Crippen LogP contribution in [-0.2, 0) is 6.54 Å². The Morgan fingerprint density at radius 2 is 2.23 bits per heavy atom. The SMILES string of the molecule is O=C1c2oc(-c3ccc(N4CC[C@H](F)C4)nc3)nc2CN1c1cncs1. The molecule has 5 rings (SSSR count). The number of fused-ring (bicyclic) bond motifs is 1. The molecule has 2 aliphatic rings. The molecule has 0 radical (unpaired) electrons. The van der Waals surface area contributed by atoms with Crippen LogP contribution in [0.15, 0.2) is 34.5 Å². The molecule has 5 heterocycles. The van der Waals surface area contributed by atoms with E-state index in [0.717, 1.165) is 10.8 Å². The number of carbonyl (C=O) groups is 1. The molecule has 1 amide bonds. The van der Waals surface area contributed by atoms with E-state index >= 15 is 0 Å². The molecule has 0 aromatic carbocycles. The summed E-state index contributed by atoms with van der Waals surface area (Å²) in [5.41, 5.74) is 2.99. The number of aromatic nitrogens is 3. The van der Waals surface area contributed by atoms with E-state index in [4.69, 9.17) is 4.42 Å². The van der Waals surface area contributed by atoms with Crippen LogP contribution in [0.3, 0.4) is 0 Å². The third-order valence-corrected chi connectivity index (χ3v) is 5.37. The number of carbonyl (C=O) groups excluding carboxylic acids is 1. The van der Waals surface area contributed by atoms with Gasteiger partial charge in [0.1, 0.15) is 22.7 Å². The first-order valence-corrected chi connectivity index (χ1v) is 9.12. The number of hydrogen-bond donors (Lipinski definition) is 0. The Labute approximate surface area is 152 Å². The smallest absolute Gasteiger partial charge is 0.297 e. The fraction of sp³-hybridized carbons (Fsp3) is 0.294. The molecule has 1 saturated heterocycles. The molecule has 0 saturated carbocycles. The number of hydrogen-bond acceptors (Lipinski definition) is 7. The maximum atomic E-state index is 13.3. The second-order valence-corrected chi connectivity index (χ2v) is 7.13. The summed E-state index contributed by atoms with van der Waals surface area (Å²) in [5.74, 6) is 1.16. The van der Waals surface area contributed by atoms with E-state index in [1.54, 1.807) is 22.8 Å². The topological polar surface area (TPSA) is 75.4 Å². The molecule has 3 aromatic rings. The summed E-state index contributed by atoms with van der Waals surface area (Å²) < 4.78 is 19.0. The van der Waals surface area contributed by atoms with Gasteiger partial charge in [0.05, 0.1) is 30.4 Å². The van der Waals surface area contributed by atoms with Gasteiger partial charge in [0, 0.05) is 12.7 Å². The van der Waals surface area contributed by atoms with Crippen molar-refractivity contribution in [1.82, 2.24) is 15.0 Å². The second-order valence-electron chi connectivity index (χ2n) is 6.26. The van der Waals surface area contributed by atoms with Gasteiger partial charge in [-0.05, 0) is 18.6 Å². The number of pyridine rings is 1. The maximum Gasteiger partial charge on any atom is 0.297 e. The van der Waals surface area contributed by atoms with Crippen molar-refractivity contribution in [3.05, 3.63) is 41.5 Å². The number of halogens is 1. The summed E-state index contributed by atoms with van der Waals surface area (Å²) >= 11 is 1.40. The van der Waals surface area contributed by atoms with Gasteiger partial charge in [-0.25, -0.2) is 14.4 Å². The van der Waals surface area contributed by atoms with Crippen molar-refractivity contribution >= 4 is 28.1 Å². The molecule has 2 aliphatic heterocycles. The molecule has 132 valence electrons. The highest BCUT2D eigenvalue weighted by atomic mass is 32.1. The normalized spacial score (nSPS) is 19.4. The zero-order valence-electron chi connectivity index (χ0n) is 13.6. The van der Waals surface area contributed by atoms with Crippen molar-refractivity contribution in [3.8, 4) is 11.5 Å². The minimum Gasteiger partial charge on any atom is -0.430 e. The van der Waals surface area contributed by atoms with Gasteiger partial charge >= 0.3 is 0 Å². The number of nitrogens with zero attached hydrogens (tertiary/aromatic N) is 5. The van der Waals surface area contributed by atoms with Crippen molar-refractivity contribution in [2.45, 2.75) is 19.1 Å². The fourth-order valence-corrected chi connectivity index (χ4v) is 3.87. The van der Waals surface area contributed by atoms with Crippen LogP contribution < -0.4 is 9.80 Å². The average Bonchev–Trinajstić information content (AvgIpc) is 3.41. The lowest BCUT2D eigenvalue weighted by atomic mass is 10.3. The summed E-state index contributed by atoms with van der Waals surface area (Å²) in [7, 11) is 0. The van der Waals surface area contributed by atoms with Crippen LogP contribution in [0.1, 0.15) is 22.7 Å². The van der Waals surface area contributed by atoms with Gasteiger partial charge in [-0.2, -0.15) is 0 Å². The van der Waals surface area contributed by atoms with Crippen LogP contribution in [0.5, 0.6) is 0 Å². The molecule has 1 atom stereocenters. The van der Waals surface area contributed by atoms with Crippen LogP contribution in [0.4, 0.5) is 15.2 Å². The molecule has 26 heavy (non-hydrogen) atoms. The summed E-state index contributed by atoms with van der Waals surface area (Å²) in [4.78, 5) is 28.9. The van der Waals surface area contributed by atoms with E-state index in [0.29, 0.717) is 43.2 Å². The lowest BCUT2D eigenvalue weighted by Gasteiger charge is -2.15. The molecular formula is C17H14FN5O2S. The predicted molar refractivity (Wildman–Crippen MR) is 94.1 cm³/mol. The van der Waals surface area contributed by atoms with Crippen LogP contribution in [0.25, 0.3) is 11.5 Å². The lowest BCUT2D eigenvalue weighted by molar-refractivity contribution is 0.0973. The van der Waals surface area contributed by atoms with Gasteiger partial charge in [-0.15, -0.1) is 11.3 Å². The highest BCUT2D eigenvalue weighted by Gasteiger charge is 2.35. The van der Waals surface area contributed by atoms with Crippen LogP contribution in [0.2, 0.25) is 0 Å². The zero-order valence-corrected chi connectivity index (χ0v) is 14.4. The van der Waals surface area contributed by atoms with E-state index in [1.165, 1.54) is 11.3 Å². The number of amides is 1. The van der Waals surface area contributed by atoms with Crippen LogP contribution in [-0.4, -0.2) is 40.1 Å². The summed E-state index contributed by atoms with van der Waals surface area (Å²) in [5, 5.41) is 0.771. The molecule has 0 aliphatic carbocycles. The number of anilines is 2. The number of rotatable bonds is 3. The van der Waals surface area contributed by atoms with Gasteiger partial charge in [-0.1, -0.05) is 0 Å². The van der Waals surface area contributed by atoms with Gasteiger partial charge in [-0.3, -0.25) is 14.7 Å². The van der Waals surface area contributed by atoms with Crippen molar-refractivity contribution in [3.63, 3.8) is 0 Å². The maximum absolute atomic E-state index is 13.3. The number of alkyl halides is 1. The molecule has 0 unspecified atom stereocenters. The lowest BCUT2D eigenvalue weighted by Crippen LogP contribution is -2.22. The van der Waals surface area contributed by atoms with E-state index in [1.807, 2.05) is 17.0 Å². The first-order chi connectivity index (χ1) is 12.7. The molecule has 1 fully saturated rings. The van der Waals surface area contributed by atoms with Gasteiger partial charge in [0.15, 0.2) is 0 Å². The van der Waals surface area contributed by atoms with Gasteiger partial charge < -0.3 is 9.32 Å². The standard InChI is InChI=1S/C17H14FN5O2S/c18-11-3-4-22(7-11)13-2-1-10(5-20-13)16-21-12-8-23(14-6-19-9-26-14)17(24)15(12)25-16/h1-2,5-6,9,11H,3-4,7-8H2/t11-/m0/s1. The first kappa shape index (κ1) is 15.4. The summed E-state index contributed by atoms with van der Waals surface area (Å²) in [6, 6.07) is 3.66. The van der Waals surface area contributed by atoms with Crippen molar-refractivity contribution in [1.29, 1.82) is 0 Å². The Bertz CT molecular complexity index is 956. The minimum atomic E-state index is -0.793. The second kappa shape index (κ2) is 5.87. The van der Waals surface area contributed by atoms with E-state index in [2.05, 4.69) is 15.0 Å². The number of oxazole rings is 1. The zero-order chi connectivity index (χ0) is 17.7. The minimum absolute atomic E-state index is 0.210. The van der Waals surface area contributed by atoms with Gasteiger partial charge in [0.25, 0.3) is 5.91 Å². The Kier molecular flexibility index (Phi) is 3.49. The third-order valence-electron chi connectivity index (χ3n) is 4.58. The Morgan fingerprint density at radius 3 is 2.88 bits per heavy atom. The number of thiazole rings is 1. The third kappa shape index (κ3) is 2.47. The largest absolute Gasteiger partial charge is 0.430 e. The molecule has 0 spiro atoms. The molecular weight excluding hydrogens is 357 g/mol. The summed E-state index contributed by atoms with van der Waals surface area (Å²) in [6.45, 7) is 1.42. The average molecular weight is 371 g/mol. The highest BCUT2D eigenvalue weighted by Crippen LogP contribution is 2.33. The fourth-order valence-electron chi connectivity index (χ4n) is 3.24. The van der Waals surface area contributed by atoms with Crippen molar-refractivity contribution < 1.29 is 13.6 Å². The quantitative estimate of drug-likeness (QED) is 0.705. The Hall–Kier alpha value is -2.81. The first-order valence-electron chi connectivity index (χ1n) is 8.24. The monoisotopic (exact) mass is 371 g/mol. The molecule has 0 bridgehead atoms. The highest BCUT2D eigenvalue weighted by molar-refractivity contribution is 7.14. The Morgan fingerprint density at radius 1 is 1.31 bits per heavy atom. The summed E-state index contributed by atoms with van der Waals surface area (Å²) in [6.07, 6.45) is 3.04. The molecule has 3 aromatic heterocycles. The van der Waals surface area contributed by atoms with Crippen molar-refractivity contribution in [2.24, 2.45) is 0 Å².